The molecule has 24 heavy (non-hydrogen) atoms. The quantitative estimate of drug-likeness (QED) is 0.455. The third-order valence-electron chi connectivity index (χ3n) is 3.00. The van der Waals surface area contributed by atoms with Crippen LogP contribution in [0, 0.1) is 11.3 Å². The lowest BCUT2D eigenvalue weighted by atomic mass is 10.1. The van der Waals surface area contributed by atoms with E-state index in [0.717, 1.165) is 31.4 Å². The van der Waals surface area contributed by atoms with Gasteiger partial charge in [-0.25, -0.2) is 4.79 Å². The van der Waals surface area contributed by atoms with Crippen molar-refractivity contribution in [2.45, 2.75) is 6.18 Å². The smallest absolute Gasteiger partial charge is 0.416 e. The highest BCUT2D eigenvalue weighted by Gasteiger charge is 2.31. The van der Waals surface area contributed by atoms with Gasteiger partial charge in [-0.15, -0.1) is 0 Å². The van der Waals surface area contributed by atoms with Gasteiger partial charge in [0.1, 0.15) is 23.2 Å². The number of alkyl halides is 3. The van der Waals surface area contributed by atoms with E-state index in [1.54, 1.807) is 6.07 Å². The molecule has 0 N–H and O–H groups in total. The average Bonchev–Trinajstić information content (AvgIpc) is 2.99. The van der Waals surface area contributed by atoms with Crippen LogP contribution in [-0.2, 0) is 15.7 Å². The Hall–Kier alpha value is -2.72. The Bertz CT molecular complexity index is 847. The number of hydrogen-bond acceptors (Lipinski definition) is 4. The van der Waals surface area contributed by atoms with E-state index in [4.69, 9.17) is 21.3 Å². The molecule has 0 unspecified atom stereocenters. The zero-order valence-corrected chi connectivity index (χ0v) is 12.9. The van der Waals surface area contributed by atoms with Crippen LogP contribution in [0.25, 0.3) is 17.4 Å². The normalized spacial score (nSPS) is 11.9. The summed E-state index contributed by atoms with van der Waals surface area (Å²) in [4.78, 5) is 11.3. The number of methoxy groups -OCH3 is 1. The molecule has 0 aliphatic carbocycles. The Labute approximate surface area is 139 Å². The van der Waals surface area contributed by atoms with Gasteiger partial charge in [-0.3, -0.25) is 0 Å². The van der Waals surface area contributed by atoms with Gasteiger partial charge in [-0.2, -0.15) is 18.4 Å². The highest BCUT2D eigenvalue weighted by atomic mass is 35.5. The molecule has 0 spiro atoms. The fraction of sp³-hybridized carbons (Fsp3) is 0.125. The van der Waals surface area contributed by atoms with E-state index in [-0.39, 0.29) is 27.7 Å². The van der Waals surface area contributed by atoms with E-state index >= 15 is 0 Å². The average molecular weight is 356 g/mol. The third kappa shape index (κ3) is 3.78. The van der Waals surface area contributed by atoms with Crippen molar-refractivity contribution in [3.8, 4) is 17.4 Å². The minimum Gasteiger partial charge on any atom is -0.465 e. The van der Waals surface area contributed by atoms with Crippen molar-refractivity contribution < 1.29 is 27.1 Å². The van der Waals surface area contributed by atoms with Crippen LogP contribution in [0.2, 0.25) is 5.02 Å². The fourth-order valence-corrected chi connectivity index (χ4v) is 2.07. The molecular formula is C16H9ClF3NO3. The van der Waals surface area contributed by atoms with E-state index in [2.05, 4.69) is 4.74 Å². The Balaban J connectivity index is 2.43. The molecule has 0 fully saturated rings. The summed E-state index contributed by atoms with van der Waals surface area (Å²) in [5, 5.41) is 8.95. The maximum absolute atomic E-state index is 12.8. The minimum absolute atomic E-state index is 0.0442. The molecule has 1 heterocycles. The molecule has 0 aliphatic rings. The van der Waals surface area contributed by atoms with Crippen LogP contribution in [-0.4, -0.2) is 13.1 Å². The molecular weight excluding hydrogens is 347 g/mol. The molecule has 124 valence electrons. The third-order valence-corrected chi connectivity index (χ3v) is 3.33. The van der Waals surface area contributed by atoms with Crippen LogP contribution in [0.4, 0.5) is 13.2 Å². The van der Waals surface area contributed by atoms with Crippen molar-refractivity contribution in [3.63, 3.8) is 0 Å². The molecule has 4 nitrogen and oxygen atoms in total. The second kappa shape index (κ2) is 6.81. The van der Waals surface area contributed by atoms with Gasteiger partial charge in [-0.1, -0.05) is 11.6 Å². The van der Waals surface area contributed by atoms with Gasteiger partial charge in [0.05, 0.1) is 17.7 Å². The van der Waals surface area contributed by atoms with Crippen LogP contribution >= 0.6 is 11.6 Å². The summed E-state index contributed by atoms with van der Waals surface area (Å²) in [6.07, 6.45) is -3.40. The number of carbonyl (C=O) groups excluding carboxylic acids is 1. The molecule has 0 atom stereocenters. The molecule has 0 saturated heterocycles. The molecule has 0 aliphatic heterocycles. The first-order valence-electron chi connectivity index (χ1n) is 6.43. The monoisotopic (exact) mass is 355 g/mol. The Kier molecular flexibility index (Phi) is 5.00. The number of halogens is 4. The molecule has 0 amide bonds. The number of hydrogen-bond donors (Lipinski definition) is 0. The minimum atomic E-state index is -4.52. The van der Waals surface area contributed by atoms with Gasteiger partial charge in [0.2, 0.25) is 0 Å². The number of esters is 1. The summed E-state index contributed by atoms with van der Waals surface area (Å²) >= 11 is 5.93. The van der Waals surface area contributed by atoms with Gasteiger partial charge in [0.25, 0.3) is 0 Å². The van der Waals surface area contributed by atoms with Crippen LogP contribution in [0.15, 0.2) is 40.3 Å². The van der Waals surface area contributed by atoms with Crippen LogP contribution < -0.4 is 0 Å². The summed E-state index contributed by atoms with van der Waals surface area (Å²) in [6.45, 7) is 0. The number of benzene rings is 1. The number of nitriles is 1. The Morgan fingerprint density at radius 1 is 1.33 bits per heavy atom. The summed E-state index contributed by atoms with van der Waals surface area (Å²) < 4.78 is 48.2. The molecule has 0 radical (unpaired) electrons. The maximum Gasteiger partial charge on any atom is 0.416 e. The summed E-state index contributed by atoms with van der Waals surface area (Å²) in [6, 6.07) is 7.27. The largest absolute Gasteiger partial charge is 0.465 e. The fourth-order valence-electron chi connectivity index (χ4n) is 1.85. The zero-order valence-electron chi connectivity index (χ0n) is 12.1. The van der Waals surface area contributed by atoms with Crippen molar-refractivity contribution in [2.24, 2.45) is 0 Å². The molecule has 2 rings (SSSR count). The van der Waals surface area contributed by atoms with Crippen molar-refractivity contribution >= 4 is 23.6 Å². The highest BCUT2D eigenvalue weighted by Crippen LogP contribution is 2.36. The number of nitrogens with zero attached hydrogens (tertiary/aromatic N) is 1. The first kappa shape index (κ1) is 17.6. The lowest BCUT2D eigenvalue weighted by Gasteiger charge is -2.09. The molecule has 1 aromatic heterocycles. The van der Waals surface area contributed by atoms with Crippen molar-refractivity contribution in [1.29, 1.82) is 5.26 Å². The topological polar surface area (TPSA) is 63.2 Å². The SMILES string of the molecule is COC(=O)/C(C#N)=C\c1ccc(-c2cc(C(F)(F)F)ccc2Cl)o1. The van der Waals surface area contributed by atoms with Gasteiger partial charge >= 0.3 is 12.1 Å². The van der Waals surface area contributed by atoms with Gasteiger partial charge < -0.3 is 9.15 Å². The van der Waals surface area contributed by atoms with Crippen LogP contribution in [0.1, 0.15) is 11.3 Å². The van der Waals surface area contributed by atoms with E-state index in [9.17, 15) is 18.0 Å². The molecule has 0 bridgehead atoms. The number of furan rings is 1. The first-order chi connectivity index (χ1) is 11.3. The van der Waals surface area contributed by atoms with E-state index in [1.165, 1.54) is 12.1 Å². The summed E-state index contributed by atoms with van der Waals surface area (Å²) in [7, 11) is 1.11. The molecule has 8 heteroatoms. The Morgan fingerprint density at radius 3 is 2.62 bits per heavy atom. The van der Waals surface area contributed by atoms with E-state index in [1.807, 2.05) is 0 Å². The predicted molar refractivity (Wildman–Crippen MR) is 79.8 cm³/mol. The van der Waals surface area contributed by atoms with Crippen LogP contribution in [0.5, 0.6) is 0 Å². The van der Waals surface area contributed by atoms with Gasteiger partial charge in [-0.05, 0) is 30.3 Å². The van der Waals surface area contributed by atoms with E-state index < -0.39 is 17.7 Å². The number of ether oxygens (including phenoxy) is 1. The molecule has 1 aromatic carbocycles. The summed E-state index contributed by atoms with van der Waals surface area (Å²) in [5.41, 5.74) is -1.14. The zero-order chi connectivity index (χ0) is 17.9. The van der Waals surface area contributed by atoms with Gasteiger partial charge in [0, 0.05) is 11.6 Å². The first-order valence-corrected chi connectivity index (χ1v) is 6.81. The molecule has 0 saturated carbocycles. The lowest BCUT2D eigenvalue weighted by molar-refractivity contribution is -0.137. The highest BCUT2D eigenvalue weighted by molar-refractivity contribution is 6.33. The predicted octanol–water partition coefficient (Wildman–Crippen LogP) is 4.70. The number of carbonyl (C=O) groups is 1. The summed E-state index contributed by atoms with van der Waals surface area (Å²) in [5.74, 6) is -0.688. The van der Waals surface area contributed by atoms with Crippen LogP contribution in [0.3, 0.4) is 0 Å². The standard InChI is InChI=1S/C16H9ClF3NO3/c1-23-15(22)9(8-21)6-11-3-5-14(24-11)12-7-10(16(18,19)20)2-4-13(12)17/h2-7H,1H3/b9-6-. The second-order valence-corrected chi connectivity index (χ2v) is 4.96. The lowest BCUT2D eigenvalue weighted by Crippen LogP contribution is -2.04. The van der Waals surface area contributed by atoms with Crippen molar-refractivity contribution in [2.75, 3.05) is 7.11 Å². The van der Waals surface area contributed by atoms with Gasteiger partial charge in [0.15, 0.2) is 0 Å². The Morgan fingerprint density at radius 2 is 2.04 bits per heavy atom. The van der Waals surface area contributed by atoms with E-state index in [0.29, 0.717) is 0 Å². The molecule has 2 aromatic rings. The van der Waals surface area contributed by atoms with Crippen molar-refractivity contribution in [1.82, 2.24) is 0 Å². The number of rotatable bonds is 3. The second-order valence-electron chi connectivity index (χ2n) is 4.56. The maximum atomic E-state index is 12.8. The van der Waals surface area contributed by atoms with Crippen molar-refractivity contribution in [3.05, 3.63) is 52.3 Å².